The third-order valence-corrected chi connectivity index (χ3v) is 7.45. The predicted octanol–water partition coefficient (Wildman–Crippen LogP) is 1.51. The molecule has 0 aromatic carbocycles. The van der Waals surface area contributed by atoms with Gasteiger partial charge < -0.3 is 19.7 Å². The quantitative estimate of drug-likeness (QED) is 0.739. The average molecular weight is 362 g/mol. The second-order valence-electron chi connectivity index (χ2n) is 8.56. The van der Waals surface area contributed by atoms with Crippen molar-refractivity contribution in [2.45, 2.75) is 51.7 Å². The van der Waals surface area contributed by atoms with Gasteiger partial charge in [0, 0.05) is 16.6 Å². The summed E-state index contributed by atoms with van der Waals surface area (Å²) in [5.41, 5.74) is 0.327. The number of cyclic esters (lactones) is 2. The fraction of sp³-hybridized carbons (Fsp3) is 0.700. The number of carbonyl (C=O) groups excluding carboxylic acids is 2. The first-order chi connectivity index (χ1) is 12.3. The van der Waals surface area contributed by atoms with E-state index in [1.807, 2.05) is 13.0 Å². The normalized spacial score (nSPS) is 44.6. The van der Waals surface area contributed by atoms with Gasteiger partial charge in [-0.3, -0.25) is 0 Å². The smallest absolute Gasteiger partial charge is 0.334 e. The van der Waals surface area contributed by atoms with Crippen molar-refractivity contribution in [2.75, 3.05) is 13.2 Å². The third kappa shape index (κ3) is 2.38. The predicted molar refractivity (Wildman–Crippen MR) is 91.8 cm³/mol. The fourth-order valence-electron chi connectivity index (χ4n) is 5.73. The van der Waals surface area contributed by atoms with Crippen molar-refractivity contribution in [3.05, 3.63) is 23.3 Å². The Morgan fingerprint density at radius 1 is 1.23 bits per heavy atom. The summed E-state index contributed by atoms with van der Waals surface area (Å²) in [5, 5.41) is 21.2. The monoisotopic (exact) mass is 362 g/mol. The number of hydrogen-bond donors (Lipinski definition) is 2. The lowest BCUT2D eigenvalue weighted by Gasteiger charge is -2.58. The number of carbonyl (C=O) groups is 2. The Bertz CT molecular complexity index is 709. The molecule has 6 heteroatoms. The molecule has 4 rings (SSSR count). The summed E-state index contributed by atoms with van der Waals surface area (Å²) < 4.78 is 10.4. The Kier molecular flexibility index (Phi) is 4.04. The second-order valence-corrected chi connectivity index (χ2v) is 8.56. The molecule has 0 aromatic rings. The van der Waals surface area contributed by atoms with Gasteiger partial charge in [0.1, 0.15) is 13.2 Å². The standard InChI is InChI=1S/C20H26O6/c1-11-15(22)9-20-10-26-18(24)14(20)7-13(21)8-16(20)19(11,2)5-3-12-4-6-25-17(12)23/h4,7,11,13,15-16,21-22H,3,5-6,8-10H2,1-2H3/t11-,13-,15-,16-,19+,20-/m1/s1. The Morgan fingerprint density at radius 2 is 2.00 bits per heavy atom. The van der Waals surface area contributed by atoms with Gasteiger partial charge in [-0.2, -0.15) is 0 Å². The summed E-state index contributed by atoms with van der Waals surface area (Å²) in [5.74, 6) is -0.651. The van der Waals surface area contributed by atoms with Crippen molar-refractivity contribution in [1.82, 2.24) is 0 Å². The van der Waals surface area contributed by atoms with E-state index in [0.29, 0.717) is 43.4 Å². The summed E-state index contributed by atoms with van der Waals surface area (Å²) in [6.45, 7) is 4.73. The number of ether oxygens (including phenoxy) is 2. The third-order valence-electron chi connectivity index (χ3n) is 7.45. The lowest BCUT2D eigenvalue weighted by atomic mass is 9.46. The molecule has 6 nitrogen and oxygen atoms in total. The number of aliphatic hydroxyl groups is 2. The van der Waals surface area contributed by atoms with E-state index in [4.69, 9.17) is 9.47 Å². The molecule has 26 heavy (non-hydrogen) atoms. The topological polar surface area (TPSA) is 93.1 Å². The molecule has 0 unspecified atom stereocenters. The van der Waals surface area contributed by atoms with Crippen molar-refractivity contribution < 1.29 is 29.3 Å². The zero-order chi connectivity index (χ0) is 18.7. The maximum absolute atomic E-state index is 12.3. The van der Waals surface area contributed by atoms with Gasteiger partial charge in [-0.25, -0.2) is 9.59 Å². The van der Waals surface area contributed by atoms with Crippen LogP contribution >= 0.6 is 0 Å². The fourth-order valence-corrected chi connectivity index (χ4v) is 5.73. The molecule has 2 heterocycles. The molecule has 2 aliphatic heterocycles. The van der Waals surface area contributed by atoms with E-state index >= 15 is 0 Å². The minimum atomic E-state index is -0.689. The van der Waals surface area contributed by atoms with Gasteiger partial charge >= 0.3 is 11.9 Å². The molecule has 1 saturated carbocycles. The summed E-state index contributed by atoms with van der Waals surface area (Å²) in [7, 11) is 0. The van der Waals surface area contributed by atoms with E-state index in [-0.39, 0.29) is 35.8 Å². The van der Waals surface area contributed by atoms with E-state index in [1.54, 1.807) is 6.08 Å². The Hall–Kier alpha value is -1.66. The molecule has 4 aliphatic rings. The lowest BCUT2D eigenvalue weighted by molar-refractivity contribution is -0.141. The van der Waals surface area contributed by atoms with Crippen LogP contribution in [0, 0.1) is 22.7 Å². The van der Waals surface area contributed by atoms with Crippen molar-refractivity contribution >= 4 is 11.9 Å². The summed E-state index contributed by atoms with van der Waals surface area (Å²) >= 11 is 0. The zero-order valence-corrected chi connectivity index (χ0v) is 15.2. The van der Waals surface area contributed by atoms with Crippen LogP contribution in [0.5, 0.6) is 0 Å². The van der Waals surface area contributed by atoms with Crippen LogP contribution in [0.4, 0.5) is 0 Å². The first-order valence-corrected chi connectivity index (χ1v) is 9.39. The lowest BCUT2D eigenvalue weighted by Crippen LogP contribution is -2.58. The Morgan fingerprint density at radius 3 is 2.69 bits per heavy atom. The van der Waals surface area contributed by atoms with Gasteiger partial charge in [-0.05, 0) is 55.1 Å². The number of hydrogen-bond acceptors (Lipinski definition) is 6. The van der Waals surface area contributed by atoms with E-state index < -0.39 is 17.6 Å². The first-order valence-electron chi connectivity index (χ1n) is 9.39. The molecule has 6 atom stereocenters. The highest BCUT2D eigenvalue weighted by atomic mass is 16.5. The molecule has 0 amide bonds. The highest BCUT2D eigenvalue weighted by molar-refractivity contribution is 5.93. The molecular weight excluding hydrogens is 336 g/mol. The summed E-state index contributed by atoms with van der Waals surface area (Å²) in [6, 6.07) is 0. The molecule has 2 aliphatic carbocycles. The van der Waals surface area contributed by atoms with Gasteiger partial charge in [0.05, 0.1) is 12.2 Å². The van der Waals surface area contributed by atoms with Crippen molar-refractivity contribution in [1.29, 1.82) is 0 Å². The van der Waals surface area contributed by atoms with Crippen LogP contribution in [0.15, 0.2) is 23.3 Å². The molecule has 2 fully saturated rings. The maximum Gasteiger partial charge on any atom is 0.334 e. The van der Waals surface area contributed by atoms with Crippen LogP contribution < -0.4 is 0 Å². The Balaban J connectivity index is 1.70. The minimum absolute atomic E-state index is 0.00729. The van der Waals surface area contributed by atoms with Crippen LogP contribution in [0.1, 0.15) is 39.5 Å². The summed E-state index contributed by atoms with van der Waals surface area (Å²) in [4.78, 5) is 24.1. The van der Waals surface area contributed by atoms with Crippen LogP contribution in [0.2, 0.25) is 0 Å². The molecule has 142 valence electrons. The molecule has 0 radical (unpaired) electrons. The van der Waals surface area contributed by atoms with Gasteiger partial charge in [-0.1, -0.05) is 13.8 Å². The second kappa shape index (κ2) is 5.92. The van der Waals surface area contributed by atoms with Crippen LogP contribution in [-0.2, 0) is 19.1 Å². The number of aliphatic hydroxyl groups excluding tert-OH is 2. The number of esters is 2. The van der Waals surface area contributed by atoms with Crippen molar-refractivity contribution in [3.8, 4) is 0 Å². The Labute approximate surface area is 152 Å². The van der Waals surface area contributed by atoms with Crippen molar-refractivity contribution in [2.24, 2.45) is 22.7 Å². The molecule has 0 aromatic heterocycles. The maximum atomic E-state index is 12.3. The first kappa shape index (κ1) is 17.7. The highest BCUT2D eigenvalue weighted by Crippen LogP contribution is 2.64. The molecule has 0 bridgehead atoms. The van der Waals surface area contributed by atoms with E-state index in [2.05, 4.69) is 6.92 Å². The summed E-state index contributed by atoms with van der Waals surface area (Å²) in [6.07, 6.45) is 4.46. The van der Waals surface area contributed by atoms with E-state index in [9.17, 15) is 19.8 Å². The van der Waals surface area contributed by atoms with Crippen LogP contribution in [0.3, 0.4) is 0 Å². The zero-order valence-electron chi connectivity index (χ0n) is 15.2. The van der Waals surface area contributed by atoms with Crippen molar-refractivity contribution in [3.63, 3.8) is 0 Å². The van der Waals surface area contributed by atoms with Gasteiger partial charge in [-0.15, -0.1) is 0 Å². The largest absolute Gasteiger partial charge is 0.461 e. The SMILES string of the molecule is C[C@@H]1[C@H](O)C[C@@]23COC(=O)C2=C[C@@H](O)C[C@@H]3[C@@]1(C)CCC1=CCOC1=O. The van der Waals surface area contributed by atoms with Gasteiger partial charge in [0.15, 0.2) is 0 Å². The average Bonchev–Trinajstić information content (AvgIpc) is 3.15. The van der Waals surface area contributed by atoms with E-state index in [0.717, 1.165) is 0 Å². The van der Waals surface area contributed by atoms with E-state index in [1.165, 1.54) is 0 Å². The van der Waals surface area contributed by atoms with Crippen LogP contribution in [0.25, 0.3) is 0 Å². The molecule has 1 spiro atoms. The van der Waals surface area contributed by atoms with Gasteiger partial charge in [0.2, 0.25) is 0 Å². The highest BCUT2D eigenvalue weighted by Gasteiger charge is 2.64. The molecule has 1 saturated heterocycles. The van der Waals surface area contributed by atoms with Gasteiger partial charge in [0.25, 0.3) is 0 Å². The number of rotatable bonds is 3. The minimum Gasteiger partial charge on any atom is -0.461 e. The molecule has 2 N–H and O–H groups in total. The van der Waals surface area contributed by atoms with Crippen LogP contribution in [-0.4, -0.2) is 47.6 Å². The molecular formula is C20H26O6.